The number of likely N-dealkylation sites (tertiary alicyclic amines) is 1. The van der Waals surface area contributed by atoms with Crippen molar-refractivity contribution in [3.05, 3.63) is 58.5 Å². The summed E-state index contributed by atoms with van der Waals surface area (Å²) in [5, 5.41) is 14.9. The summed E-state index contributed by atoms with van der Waals surface area (Å²) in [6.45, 7) is 1.22. The van der Waals surface area contributed by atoms with Crippen molar-refractivity contribution in [1.29, 1.82) is 0 Å². The highest BCUT2D eigenvalue weighted by Crippen LogP contribution is 2.33. The highest BCUT2D eigenvalue weighted by atomic mass is 32.2. The number of hydrogen-bond acceptors (Lipinski definition) is 4. The molecule has 6 heteroatoms. The van der Waals surface area contributed by atoms with E-state index in [4.69, 9.17) is 10.1 Å². The Kier molecular flexibility index (Phi) is 5.13. The number of nitrogens with zero attached hydrogens (tertiary/aromatic N) is 2. The van der Waals surface area contributed by atoms with Crippen molar-refractivity contribution in [2.24, 2.45) is 0 Å². The Morgan fingerprint density at radius 1 is 1.19 bits per heavy atom. The molecule has 134 valence electrons. The van der Waals surface area contributed by atoms with Crippen LogP contribution in [0, 0.1) is 0 Å². The SMILES string of the molecule is O=C(O)N1CCC(c2nc(CSc3cccc4ccccc34)cs2)CC1. The second kappa shape index (κ2) is 7.68. The summed E-state index contributed by atoms with van der Waals surface area (Å²) in [4.78, 5) is 18.6. The average molecular weight is 385 g/mol. The molecule has 26 heavy (non-hydrogen) atoms. The Balaban J connectivity index is 1.40. The van der Waals surface area contributed by atoms with Crippen molar-refractivity contribution in [3.63, 3.8) is 0 Å². The average Bonchev–Trinajstić information content (AvgIpc) is 3.15. The molecule has 1 N–H and O–H groups in total. The fourth-order valence-corrected chi connectivity index (χ4v) is 5.43. The van der Waals surface area contributed by atoms with Crippen LogP contribution >= 0.6 is 23.1 Å². The predicted octanol–water partition coefficient (Wildman–Crippen LogP) is 5.45. The van der Waals surface area contributed by atoms with Crippen LogP contribution in [-0.4, -0.2) is 34.2 Å². The Bertz CT molecular complexity index is 912. The molecule has 1 fully saturated rings. The molecule has 0 aliphatic carbocycles. The van der Waals surface area contributed by atoms with Crippen LogP contribution in [0.1, 0.15) is 29.5 Å². The zero-order chi connectivity index (χ0) is 17.9. The molecule has 1 aliphatic heterocycles. The molecule has 4 rings (SSSR count). The molecule has 3 aromatic rings. The van der Waals surface area contributed by atoms with Crippen molar-refractivity contribution in [1.82, 2.24) is 9.88 Å². The molecule has 1 saturated heterocycles. The minimum atomic E-state index is -0.810. The molecule has 2 aromatic carbocycles. The normalized spacial score (nSPS) is 15.5. The molecule has 1 aromatic heterocycles. The van der Waals surface area contributed by atoms with Crippen LogP contribution in [0.25, 0.3) is 10.8 Å². The fraction of sp³-hybridized carbons (Fsp3) is 0.300. The lowest BCUT2D eigenvalue weighted by Crippen LogP contribution is -2.36. The van der Waals surface area contributed by atoms with Crippen LogP contribution in [-0.2, 0) is 5.75 Å². The lowest BCUT2D eigenvalue weighted by atomic mass is 9.98. The van der Waals surface area contributed by atoms with Gasteiger partial charge in [-0.05, 0) is 29.7 Å². The minimum Gasteiger partial charge on any atom is -0.465 e. The van der Waals surface area contributed by atoms with Crippen LogP contribution in [0.5, 0.6) is 0 Å². The topological polar surface area (TPSA) is 53.4 Å². The van der Waals surface area contributed by atoms with E-state index in [-0.39, 0.29) is 0 Å². The quantitative estimate of drug-likeness (QED) is 0.608. The van der Waals surface area contributed by atoms with Gasteiger partial charge in [0, 0.05) is 35.0 Å². The molecule has 0 radical (unpaired) electrons. The van der Waals surface area contributed by atoms with E-state index in [0.717, 1.165) is 29.3 Å². The Hall–Kier alpha value is -2.05. The molecule has 0 unspecified atom stereocenters. The van der Waals surface area contributed by atoms with E-state index in [1.807, 2.05) is 11.8 Å². The number of thiazole rings is 1. The molecular formula is C20H20N2O2S2. The summed E-state index contributed by atoms with van der Waals surface area (Å²) >= 11 is 3.54. The molecular weight excluding hydrogens is 364 g/mol. The molecule has 1 amide bonds. The maximum absolute atomic E-state index is 11.0. The number of fused-ring (bicyclic) bond motifs is 1. The van der Waals surface area contributed by atoms with E-state index in [1.165, 1.54) is 20.6 Å². The van der Waals surface area contributed by atoms with Gasteiger partial charge in [-0.25, -0.2) is 9.78 Å². The van der Waals surface area contributed by atoms with Gasteiger partial charge in [0.05, 0.1) is 10.7 Å². The first-order valence-electron chi connectivity index (χ1n) is 8.73. The van der Waals surface area contributed by atoms with E-state index in [2.05, 4.69) is 47.8 Å². The van der Waals surface area contributed by atoms with Gasteiger partial charge in [-0.3, -0.25) is 0 Å². The lowest BCUT2D eigenvalue weighted by molar-refractivity contribution is 0.132. The van der Waals surface area contributed by atoms with Gasteiger partial charge in [0.15, 0.2) is 0 Å². The summed E-state index contributed by atoms with van der Waals surface area (Å²) < 4.78 is 0. The largest absolute Gasteiger partial charge is 0.465 e. The van der Waals surface area contributed by atoms with Gasteiger partial charge in [-0.1, -0.05) is 36.4 Å². The number of benzene rings is 2. The Labute approximate surface area is 160 Å². The number of piperidine rings is 1. The van der Waals surface area contributed by atoms with E-state index in [1.54, 1.807) is 11.3 Å². The highest BCUT2D eigenvalue weighted by molar-refractivity contribution is 7.98. The van der Waals surface area contributed by atoms with Gasteiger partial charge in [0.1, 0.15) is 0 Å². The van der Waals surface area contributed by atoms with Crippen LogP contribution in [0.3, 0.4) is 0 Å². The lowest BCUT2D eigenvalue weighted by Gasteiger charge is -2.28. The summed E-state index contributed by atoms with van der Waals surface area (Å²) in [5.41, 5.74) is 1.11. The number of thioether (sulfide) groups is 1. The fourth-order valence-electron chi connectivity index (χ4n) is 3.37. The van der Waals surface area contributed by atoms with Crippen molar-refractivity contribution in [2.75, 3.05) is 13.1 Å². The Morgan fingerprint density at radius 2 is 1.96 bits per heavy atom. The van der Waals surface area contributed by atoms with Gasteiger partial charge in [-0.15, -0.1) is 23.1 Å². The molecule has 0 saturated carbocycles. The predicted molar refractivity (Wildman–Crippen MR) is 107 cm³/mol. The maximum Gasteiger partial charge on any atom is 0.407 e. The summed E-state index contributed by atoms with van der Waals surface area (Å²) in [5.74, 6) is 1.25. The highest BCUT2D eigenvalue weighted by Gasteiger charge is 2.25. The first kappa shape index (κ1) is 17.4. The molecule has 0 bridgehead atoms. The standard InChI is InChI=1S/C20H20N2O2S2/c23-20(24)22-10-8-15(9-11-22)19-21-16(13-26-19)12-25-18-7-3-5-14-4-1-2-6-17(14)18/h1-7,13,15H,8-12H2,(H,23,24). The van der Waals surface area contributed by atoms with Crippen molar-refractivity contribution in [2.45, 2.75) is 29.4 Å². The van der Waals surface area contributed by atoms with Gasteiger partial charge >= 0.3 is 6.09 Å². The van der Waals surface area contributed by atoms with Gasteiger partial charge in [0.2, 0.25) is 0 Å². The number of amides is 1. The third-order valence-electron chi connectivity index (χ3n) is 4.81. The van der Waals surface area contributed by atoms with E-state index in [0.29, 0.717) is 19.0 Å². The first-order valence-corrected chi connectivity index (χ1v) is 10.6. The maximum atomic E-state index is 11.0. The second-order valence-corrected chi connectivity index (χ2v) is 8.39. The van der Waals surface area contributed by atoms with E-state index in [9.17, 15) is 4.79 Å². The monoisotopic (exact) mass is 384 g/mol. The van der Waals surface area contributed by atoms with Gasteiger partial charge < -0.3 is 10.0 Å². The number of aromatic nitrogens is 1. The van der Waals surface area contributed by atoms with Crippen molar-refractivity contribution < 1.29 is 9.90 Å². The smallest absolute Gasteiger partial charge is 0.407 e. The summed E-state index contributed by atoms with van der Waals surface area (Å²) in [7, 11) is 0. The summed E-state index contributed by atoms with van der Waals surface area (Å²) in [6.07, 6.45) is 0.931. The van der Waals surface area contributed by atoms with E-state index < -0.39 is 6.09 Å². The van der Waals surface area contributed by atoms with Crippen LogP contribution in [0.15, 0.2) is 52.7 Å². The third kappa shape index (κ3) is 3.71. The molecule has 1 aliphatic rings. The number of rotatable bonds is 4. The summed E-state index contributed by atoms with van der Waals surface area (Å²) in [6, 6.07) is 14.9. The zero-order valence-corrected chi connectivity index (χ0v) is 15.9. The third-order valence-corrected chi connectivity index (χ3v) is 6.97. The second-order valence-electron chi connectivity index (χ2n) is 6.49. The number of hydrogen-bond donors (Lipinski definition) is 1. The van der Waals surface area contributed by atoms with Gasteiger partial charge in [-0.2, -0.15) is 0 Å². The van der Waals surface area contributed by atoms with Crippen LogP contribution < -0.4 is 0 Å². The van der Waals surface area contributed by atoms with Crippen LogP contribution in [0.4, 0.5) is 4.79 Å². The Morgan fingerprint density at radius 3 is 2.77 bits per heavy atom. The molecule has 2 heterocycles. The molecule has 4 nitrogen and oxygen atoms in total. The number of carboxylic acid groups (broad SMARTS) is 1. The van der Waals surface area contributed by atoms with Gasteiger partial charge in [0.25, 0.3) is 0 Å². The minimum absolute atomic E-state index is 0.395. The molecule has 0 spiro atoms. The van der Waals surface area contributed by atoms with Crippen molar-refractivity contribution in [3.8, 4) is 0 Å². The first-order chi connectivity index (χ1) is 12.7. The number of carbonyl (C=O) groups is 1. The van der Waals surface area contributed by atoms with E-state index >= 15 is 0 Å². The van der Waals surface area contributed by atoms with Crippen LogP contribution in [0.2, 0.25) is 0 Å². The zero-order valence-electron chi connectivity index (χ0n) is 14.3. The van der Waals surface area contributed by atoms with Crippen molar-refractivity contribution >= 4 is 40.0 Å². The molecule has 0 atom stereocenters.